The van der Waals surface area contributed by atoms with Gasteiger partial charge in [0.25, 0.3) is 0 Å². The number of aromatic hydroxyl groups is 1. The molecule has 0 aliphatic heterocycles. The summed E-state index contributed by atoms with van der Waals surface area (Å²) in [4.78, 5) is 25.4. The Balaban J connectivity index is 1.75. The predicted octanol–water partition coefficient (Wildman–Crippen LogP) is 5.13. The third-order valence-corrected chi connectivity index (χ3v) is 5.29. The number of nitrogens with zero attached hydrogens (tertiary/aromatic N) is 1. The second kappa shape index (κ2) is 10.7. The van der Waals surface area contributed by atoms with Gasteiger partial charge in [0.15, 0.2) is 17.5 Å². The van der Waals surface area contributed by atoms with Crippen LogP contribution in [-0.2, 0) is 22.7 Å². The number of aliphatic carboxylic acids is 1. The normalized spacial score (nSPS) is 11.4. The second-order valence-electron chi connectivity index (χ2n) is 7.02. The van der Waals surface area contributed by atoms with Gasteiger partial charge in [-0.3, -0.25) is 4.90 Å². The molecule has 0 bridgehead atoms. The molecule has 0 saturated carbocycles. The molecule has 32 heavy (non-hydrogen) atoms. The van der Waals surface area contributed by atoms with Gasteiger partial charge in [-0.15, -0.1) is 0 Å². The predicted molar refractivity (Wildman–Crippen MR) is 121 cm³/mol. The summed E-state index contributed by atoms with van der Waals surface area (Å²) in [6, 6.07) is 19.9. The van der Waals surface area contributed by atoms with Gasteiger partial charge in [-0.2, -0.15) is 0 Å². The van der Waals surface area contributed by atoms with E-state index in [9.17, 15) is 19.8 Å². The van der Waals surface area contributed by atoms with Gasteiger partial charge in [-0.1, -0.05) is 60.7 Å². The molecular weight excluding hydrogens is 478 g/mol. The summed E-state index contributed by atoms with van der Waals surface area (Å²) in [6.07, 6.45) is -0.804. The van der Waals surface area contributed by atoms with E-state index in [-0.39, 0.29) is 30.3 Å². The highest BCUT2D eigenvalue weighted by Crippen LogP contribution is 2.39. The zero-order valence-electron chi connectivity index (χ0n) is 17.3. The fraction of sp³-hybridized carbons (Fsp3) is 0.167. The molecule has 0 fully saturated rings. The average molecular weight is 500 g/mol. The zero-order valence-corrected chi connectivity index (χ0v) is 18.9. The van der Waals surface area contributed by atoms with Crippen molar-refractivity contribution in [1.29, 1.82) is 0 Å². The van der Waals surface area contributed by atoms with Gasteiger partial charge in [0.2, 0.25) is 0 Å². The van der Waals surface area contributed by atoms with Crippen LogP contribution in [0.4, 0.5) is 4.79 Å². The smallest absolute Gasteiger partial charge is 0.410 e. The van der Waals surface area contributed by atoms with Crippen LogP contribution in [0.25, 0.3) is 0 Å². The zero-order chi connectivity index (χ0) is 23.1. The summed E-state index contributed by atoms with van der Waals surface area (Å²) in [5, 5.41) is 20.2. The highest BCUT2D eigenvalue weighted by molar-refractivity contribution is 9.10. The third-order valence-electron chi connectivity index (χ3n) is 4.70. The molecule has 0 saturated heterocycles. The number of carbonyl (C=O) groups excluding carboxylic acids is 1. The summed E-state index contributed by atoms with van der Waals surface area (Å²) in [7, 11) is 1.33. The van der Waals surface area contributed by atoms with Gasteiger partial charge >= 0.3 is 12.1 Å². The van der Waals surface area contributed by atoms with Crippen molar-refractivity contribution in [2.75, 3.05) is 7.05 Å². The topological polar surface area (TPSA) is 96.3 Å². The van der Waals surface area contributed by atoms with Crippen molar-refractivity contribution in [3.63, 3.8) is 0 Å². The maximum absolute atomic E-state index is 12.5. The largest absolute Gasteiger partial charge is 0.504 e. The van der Waals surface area contributed by atoms with Gasteiger partial charge in [0.05, 0.1) is 4.47 Å². The van der Waals surface area contributed by atoms with Crippen molar-refractivity contribution >= 4 is 28.0 Å². The Hall–Kier alpha value is -3.52. The lowest BCUT2D eigenvalue weighted by atomic mass is 10.1. The molecule has 0 aromatic heterocycles. The standard InChI is InChI=1S/C24H22BrNO6/c1-26(24(30)32-15-17-10-6-3-7-11-17)21(23(28)29)18-12-19(25)22(20(27)13-18)31-14-16-8-4-2-5-9-16/h2-13,21,27H,14-15H2,1H3,(H,28,29)/t21-/m0/s1. The maximum Gasteiger partial charge on any atom is 0.410 e. The van der Waals surface area contributed by atoms with Crippen LogP contribution in [0, 0.1) is 0 Å². The molecular formula is C24H22BrNO6. The van der Waals surface area contributed by atoms with Gasteiger partial charge in [-0.25, -0.2) is 9.59 Å². The molecule has 3 aromatic carbocycles. The minimum absolute atomic E-state index is 0.0115. The molecule has 0 aliphatic rings. The number of halogens is 1. The van der Waals surface area contributed by atoms with Crippen molar-refractivity contribution in [2.24, 2.45) is 0 Å². The molecule has 0 heterocycles. The number of rotatable bonds is 8. The van der Waals surface area contributed by atoms with E-state index in [2.05, 4.69) is 15.9 Å². The average Bonchev–Trinajstić information content (AvgIpc) is 2.78. The summed E-state index contributed by atoms with van der Waals surface area (Å²) in [5.74, 6) is -1.34. The van der Waals surface area contributed by atoms with Crippen molar-refractivity contribution < 1.29 is 29.3 Å². The van der Waals surface area contributed by atoms with Gasteiger partial charge < -0.3 is 19.7 Å². The Kier molecular flexibility index (Phi) is 7.72. The van der Waals surface area contributed by atoms with E-state index in [1.165, 1.54) is 19.2 Å². The van der Waals surface area contributed by atoms with Crippen LogP contribution < -0.4 is 4.74 Å². The van der Waals surface area contributed by atoms with E-state index in [0.29, 0.717) is 4.47 Å². The Morgan fingerprint density at radius 1 is 0.969 bits per heavy atom. The summed E-state index contributed by atoms with van der Waals surface area (Å²) in [5.41, 5.74) is 1.88. The number of ether oxygens (including phenoxy) is 2. The van der Waals surface area contributed by atoms with Crippen molar-refractivity contribution in [2.45, 2.75) is 19.3 Å². The van der Waals surface area contributed by atoms with Gasteiger partial charge in [0.1, 0.15) is 13.2 Å². The molecule has 3 aromatic rings. The highest BCUT2D eigenvalue weighted by Gasteiger charge is 2.31. The number of carboxylic acids is 1. The number of phenols is 1. The van der Waals surface area contributed by atoms with E-state index in [1.807, 2.05) is 48.5 Å². The lowest BCUT2D eigenvalue weighted by molar-refractivity contribution is -0.142. The number of likely N-dealkylation sites (N-methyl/N-ethyl adjacent to an activating group) is 1. The van der Waals surface area contributed by atoms with Crippen LogP contribution in [0.2, 0.25) is 0 Å². The quantitative estimate of drug-likeness (QED) is 0.446. The van der Waals surface area contributed by atoms with E-state index < -0.39 is 18.1 Å². The number of carbonyl (C=O) groups is 2. The number of benzene rings is 3. The molecule has 0 aliphatic carbocycles. The molecule has 166 valence electrons. The Bertz CT molecular complexity index is 1050. The number of phenolic OH excluding ortho intramolecular Hbond substituents is 1. The van der Waals surface area contributed by atoms with E-state index in [1.54, 1.807) is 12.1 Å². The maximum atomic E-state index is 12.5. The van der Waals surface area contributed by atoms with Crippen molar-refractivity contribution in [3.8, 4) is 11.5 Å². The minimum Gasteiger partial charge on any atom is -0.504 e. The highest BCUT2D eigenvalue weighted by atomic mass is 79.9. The summed E-state index contributed by atoms with van der Waals surface area (Å²) in [6.45, 7) is 0.234. The fourth-order valence-electron chi connectivity index (χ4n) is 3.09. The molecule has 2 N–H and O–H groups in total. The first-order chi connectivity index (χ1) is 15.4. The number of hydrogen-bond acceptors (Lipinski definition) is 5. The van der Waals surface area contributed by atoms with E-state index >= 15 is 0 Å². The van der Waals surface area contributed by atoms with E-state index in [4.69, 9.17) is 9.47 Å². The molecule has 3 rings (SSSR count). The number of carboxylic acid groups (broad SMARTS) is 1. The van der Waals surface area contributed by atoms with Crippen LogP contribution in [0.15, 0.2) is 77.3 Å². The van der Waals surface area contributed by atoms with Crippen molar-refractivity contribution in [1.82, 2.24) is 4.90 Å². The molecule has 1 amide bonds. The minimum atomic E-state index is -1.37. The Labute approximate surface area is 194 Å². The van der Waals surface area contributed by atoms with Crippen LogP contribution in [0.3, 0.4) is 0 Å². The molecule has 8 heteroatoms. The monoisotopic (exact) mass is 499 g/mol. The summed E-state index contributed by atoms with van der Waals surface area (Å²) >= 11 is 3.32. The lowest BCUT2D eigenvalue weighted by Gasteiger charge is -2.25. The van der Waals surface area contributed by atoms with Crippen LogP contribution >= 0.6 is 15.9 Å². The Morgan fingerprint density at radius 3 is 2.06 bits per heavy atom. The van der Waals surface area contributed by atoms with Crippen LogP contribution in [0.5, 0.6) is 11.5 Å². The lowest BCUT2D eigenvalue weighted by Crippen LogP contribution is -2.36. The second-order valence-corrected chi connectivity index (χ2v) is 7.87. The van der Waals surface area contributed by atoms with Crippen LogP contribution in [-0.4, -0.2) is 34.2 Å². The first-order valence-corrected chi connectivity index (χ1v) is 10.5. The fourth-order valence-corrected chi connectivity index (χ4v) is 3.67. The number of hydrogen-bond donors (Lipinski definition) is 2. The van der Waals surface area contributed by atoms with Gasteiger partial charge in [-0.05, 0) is 44.8 Å². The van der Waals surface area contributed by atoms with E-state index in [0.717, 1.165) is 16.0 Å². The summed E-state index contributed by atoms with van der Waals surface area (Å²) < 4.78 is 11.3. The number of amides is 1. The van der Waals surface area contributed by atoms with Crippen LogP contribution in [0.1, 0.15) is 22.7 Å². The molecule has 0 radical (unpaired) electrons. The Morgan fingerprint density at radius 2 is 1.53 bits per heavy atom. The SMILES string of the molecule is CN(C(=O)OCc1ccccc1)[C@H](C(=O)O)c1cc(O)c(OCc2ccccc2)c(Br)c1. The molecule has 1 atom stereocenters. The first-order valence-electron chi connectivity index (χ1n) is 9.72. The van der Waals surface area contributed by atoms with Crippen molar-refractivity contribution in [3.05, 3.63) is 94.0 Å². The molecule has 0 spiro atoms. The molecule has 0 unspecified atom stereocenters. The molecule has 7 nitrogen and oxygen atoms in total. The third kappa shape index (κ3) is 5.79. The van der Waals surface area contributed by atoms with Gasteiger partial charge in [0, 0.05) is 7.05 Å². The first kappa shape index (κ1) is 23.1.